The second-order valence-corrected chi connectivity index (χ2v) is 6.49. The Bertz CT molecular complexity index is 825. The molecule has 2 heterocycles. The van der Waals surface area contributed by atoms with Gasteiger partial charge in [0, 0.05) is 30.6 Å². The van der Waals surface area contributed by atoms with Crippen LogP contribution in [0.5, 0.6) is 11.5 Å². The van der Waals surface area contributed by atoms with Gasteiger partial charge in [0.05, 0.1) is 26.3 Å². The van der Waals surface area contributed by atoms with E-state index in [4.69, 9.17) is 19.7 Å². The number of hydrogen-bond donors (Lipinski definition) is 1. The second kappa shape index (κ2) is 8.11. The molecular formula is C19H23N3O5. The van der Waals surface area contributed by atoms with Crippen LogP contribution in [-0.4, -0.2) is 49.2 Å². The fourth-order valence-corrected chi connectivity index (χ4v) is 3.20. The van der Waals surface area contributed by atoms with Crippen LogP contribution in [0.4, 0.5) is 0 Å². The number of nitrogens with two attached hydrogens (primary N) is 1. The molecule has 1 saturated heterocycles. The Morgan fingerprint density at radius 1 is 1.19 bits per heavy atom. The quantitative estimate of drug-likeness (QED) is 0.824. The van der Waals surface area contributed by atoms with Gasteiger partial charge in [-0.25, -0.2) is 0 Å². The highest BCUT2D eigenvalue weighted by molar-refractivity contribution is 5.80. The highest BCUT2D eigenvalue weighted by Crippen LogP contribution is 2.32. The van der Waals surface area contributed by atoms with Gasteiger partial charge in [0.1, 0.15) is 0 Å². The molecule has 1 aliphatic heterocycles. The molecule has 0 atom stereocenters. The summed E-state index contributed by atoms with van der Waals surface area (Å²) in [6, 6.07) is 7.15. The Hall–Kier alpha value is -3.03. The number of carbonyl (C=O) groups excluding carboxylic acids is 2. The standard InChI is InChI=1S/C19H23N3O5/c1-25-15-4-3-13(9-17(15)26-2)16-10-14(21-27-16)11-18(23)22-7-5-12(6-8-22)19(20)24/h3-4,9-10,12H,5-8,11H2,1-2H3,(H2,20,24). The van der Waals surface area contributed by atoms with Crippen molar-refractivity contribution in [2.24, 2.45) is 11.7 Å². The van der Waals surface area contributed by atoms with E-state index in [0.717, 1.165) is 5.56 Å². The first-order valence-electron chi connectivity index (χ1n) is 8.77. The van der Waals surface area contributed by atoms with E-state index in [9.17, 15) is 9.59 Å². The van der Waals surface area contributed by atoms with Gasteiger partial charge in [-0.1, -0.05) is 5.16 Å². The average molecular weight is 373 g/mol. The zero-order valence-electron chi connectivity index (χ0n) is 15.4. The molecule has 1 aliphatic rings. The van der Waals surface area contributed by atoms with E-state index in [2.05, 4.69) is 5.16 Å². The number of piperidine rings is 1. The molecule has 0 aliphatic carbocycles. The maximum absolute atomic E-state index is 12.5. The molecule has 1 aromatic heterocycles. The first-order valence-corrected chi connectivity index (χ1v) is 8.77. The molecule has 8 heteroatoms. The number of benzene rings is 1. The molecule has 8 nitrogen and oxygen atoms in total. The van der Waals surface area contributed by atoms with Gasteiger partial charge in [-0.15, -0.1) is 0 Å². The van der Waals surface area contributed by atoms with Crippen molar-refractivity contribution in [3.8, 4) is 22.8 Å². The Balaban J connectivity index is 1.64. The van der Waals surface area contributed by atoms with E-state index in [1.54, 1.807) is 37.3 Å². The lowest BCUT2D eigenvalue weighted by atomic mass is 9.96. The Morgan fingerprint density at radius 3 is 2.52 bits per heavy atom. The average Bonchev–Trinajstić information content (AvgIpc) is 3.15. The summed E-state index contributed by atoms with van der Waals surface area (Å²) in [7, 11) is 3.13. The van der Waals surface area contributed by atoms with Crippen LogP contribution < -0.4 is 15.2 Å². The molecule has 2 amide bonds. The number of aromatic nitrogens is 1. The molecule has 0 unspecified atom stereocenters. The Kier molecular flexibility index (Phi) is 5.63. The van der Waals surface area contributed by atoms with Crippen LogP contribution in [0.15, 0.2) is 28.8 Å². The highest BCUT2D eigenvalue weighted by Gasteiger charge is 2.26. The van der Waals surface area contributed by atoms with Gasteiger partial charge in [-0.3, -0.25) is 9.59 Å². The van der Waals surface area contributed by atoms with Crippen molar-refractivity contribution >= 4 is 11.8 Å². The van der Waals surface area contributed by atoms with Gasteiger partial charge < -0.3 is 24.6 Å². The van der Waals surface area contributed by atoms with Crippen molar-refractivity contribution in [1.29, 1.82) is 0 Å². The van der Waals surface area contributed by atoms with Crippen LogP contribution in [0, 0.1) is 5.92 Å². The van der Waals surface area contributed by atoms with Crippen molar-refractivity contribution < 1.29 is 23.6 Å². The zero-order chi connectivity index (χ0) is 19.4. The van der Waals surface area contributed by atoms with Crippen LogP contribution in [0.1, 0.15) is 18.5 Å². The van der Waals surface area contributed by atoms with Gasteiger partial charge in [-0.05, 0) is 31.0 Å². The van der Waals surface area contributed by atoms with Crippen molar-refractivity contribution in [2.75, 3.05) is 27.3 Å². The van der Waals surface area contributed by atoms with Crippen LogP contribution in [0.25, 0.3) is 11.3 Å². The number of hydrogen-bond acceptors (Lipinski definition) is 6. The normalized spacial score (nSPS) is 14.8. The van der Waals surface area contributed by atoms with E-state index in [1.165, 1.54) is 0 Å². The fourth-order valence-electron chi connectivity index (χ4n) is 3.20. The van der Waals surface area contributed by atoms with Crippen molar-refractivity contribution in [1.82, 2.24) is 10.1 Å². The van der Waals surface area contributed by atoms with E-state index in [1.807, 2.05) is 6.07 Å². The van der Waals surface area contributed by atoms with Gasteiger partial charge in [-0.2, -0.15) is 0 Å². The lowest BCUT2D eigenvalue weighted by Crippen LogP contribution is -2.42. The maximum Gasteiger partial charge on any atom is 0.228 e. The maximum atomic E-state index is 12.5. The summed E-state index contributed by atoms with van der Waals surface area (Å²) in [6.45, 7) is 1.07. The van der Waals surface area contributed by atoms with Crippen LogP contribution in [0.2, 0.25) is 0 Å². The second-order valence-electron chi connectivity index (χ2n) is 6.49. The molecule has 0 spiro atoms. The van der Waals surface area contributed by atoms with Gasteiger partial charge in [0.2, 0.25) is 11.8 Å². The minimum atomic E-state index is -0.293. The molecule has 2 N–H and O–H groups in total. The smallest absolute Gasteiger partial charge is 0.228 e. The number of methoxy groups -OCH3 is 2. The summed E-state index contributed by atoms with van der Waals surface area (Å²) in [4.78, 5) is 25.4. The number of rotatable bonds is 6. The van der Waals surface area contributed by atoms with Crippen LogP contribution >= 0.6 is 0 Å². The third-order valence-corrected chi connectivity index (χ3v) is 4.81. The highest BCUT2D eigenvalue weighted by atomic mass is 16.5. The van der Waals surface area contributed by atoms with E-state index >= 15 is 0 Å². The molecule has 0 bridgehead atoms. The predicted molar refractivity (Wildman–Crippen MR) is 97.2 cm³/mol. The molecule has 2 aromatic rings. The number of likely N-dealkylation sites (tertiary alicyclic amines) is 1. The molecule has 3 rings (SSSR count). The Labute approximate surface area is 157 Å². The minimum absolute atomic E-state index is 0.0370. The number of nitrogens with zero attached hydrogens (tertiary/aromatic N) is 2. The summed E-state index contributed by atoms with van der Waals surface area (Å²) in [5, 5.41) is 4.00. The monoisotopic (exact) mass is 373 g/mol. The van der Waals surface area contributed by atoms with Crippen molar-refractivity contribution in [3.63, 3.8) is 0 Å². The topological polar surface area (TPSA) is 108 Å². The van der Waals surface area contributed by atoms with Gasteiger partial charge in [0.25, 0.3) is 0 Å². The molecule has 144 valence electrons. The van der Waals surface area contributed by atoms with E-state index in [-0.39, 0.29) is 24.2 Å². The minimum Gasteiger partial charge on any atom is -0.493 e. The fraction of sp³-hybridized carbons (Fsp3) is 0.421. The summed E-state index contributed by atoms with van der Waals surface area (Å²) in [5.41, 5.74) is 6.66. The SMILES string of the molecule is COc1ccc(-c2cc(CC(=O)N3CCC(C(N)=O)CC3)no2)cc1OC. The van der Waals surface area contributed by atoms with E-state index in [0.29, 0.717) is 48.9 Å². The van der Waals surface area contributed by atoms with Gasteiger partial charge >= 0.3 is 0 Å². The number of amides is 2. The molecule has 0 saturated carbocycles. The number of carbonyl (C=O) groups is 2. The first kappa shape index (κ1) is 18.8. The molecular weight excluding hydrogens is 350 g/mol. The summed E-state index contributed by atoms with van der Waals surface area (Å²) >= 11 is 0. The van der Waals surface area contributed by atoms with Crippen molar-refractivity contribution in [3.05, 3.63) is 30.0 Å². The lowest BCUT2D eigenvalue weighted by Gasteiger charge is -2.30. The van der Waals surface area contributed by atoms with E-state index < -0.39 is 0 Å². The predicted octanol–water partition coefficient (Wildman–Crippen LogP) is 1.63. The molecule has 27 heavy (non-hydrogen) atoms. The van der Waals surface area contributed by atoms with Crippen LogP contribution in [0.3, 0.4) is 0 Å². The van der Waals surface area contributed by atoms with Gasteiger partial charge in [0.15, 0.2) is 17.3 Å². The molecule has 1 fully saturated rings. The lowest BCUT2D eigenvalue weighted by molar-refractivity contribution is -0.134. The van der Waals surface area contributed by atoms with Crippen molar-refractivity contribution in [2.45, 2.75) is 19.3 Å². The number of ether oxygens (including phenoxy) is 2. The molecule has 0 radical (unpaired) electrons. The third kappa shape index (κ3) is 4.21. The largest absolute Gasteiger partial charge is 0.493 e. The number of primary amides is 1. The Morgan fingerprint density at radius 2 is 1.89 bits per heavy atom. The van der Waals surface area contributed by atoms with Crippen LogP contribution in [-0.2, 0) is 16.0 Å². The summed E-state index contributed by atoms with van der Waals surface area (Å²) in [5.74, 6) is 1.28. The third-order valence-electron chi connectivity index (χ3n) is 4.81. The molecule has 1 aromatic carbocycles. The summed E-state index contributed by atoms with van der Waals surface area (Å²) in [6.07, 6.45) is 1.37. The zero-order valence-corrected chi connectivity index (χ0v) is 15.4. The summed E-state index contributed by atoms with van der Waals surface area (Å²) < 4.78 is 15.9. The first-order chi connectivity index (χ1) is 13.0.